The topological polar surface area (TPSA) is 98.9 Å². The second-order valence-corrected chi connectivity index (χ2v) is 6.87. The average Bonchev–Trinajstić information content (AvgIpc) is 2.54. The Balaban J connectivity index is 2.73. The molecule has 0 aliphatic rings. The fourth-order valence-corrected chi connectivity index (χ4v) is 3.14. The predicted octanol–water partition coefficient (Wildman–Crippen LogP) is 0.0638. The Morgan fingerprint density at radius 3 is 2.46 bits per heavy atom. The minimum atomic E-state index is -0.455. The van der Waals surface area contributed by atoms with Gasteiger partial charge in [-0.3, -0.25) is 18.7 Å². The van der Waals surface area contributed by atoms with Gasteiger partial charge in [-0.15, -0.1) is 0 Å². The van der Waals surface area contributed by atoms with Gasteiger partial charge in [0.15, 0.2) is 5.65 Å². The highest BCUT2D eigenvalue weighted by Gasteiger charge is 2.18. The molecule has 2 rings (SSSR count). The first kappa shape index (κ1) is 18.2. The molecule has 130 valence electrons. The minimum absolute atomic E-state index is 0.135. The summed E-state index contributed by atoms with van der Waals surface area (Å²) < 4.78 is 2.37. The van der Waals surface area contributed by atoms with Crippen LogP contribution in [-0.2, 0) is 25.3 Å². The fourth-order valence-electron chi connectivity index (χ4n) is 2.24. The molecule has 9 heteroatoms. The van der Waals surface area contributed by atoms with Crippen LogP contribution in [0.2, 0.25) is 0 Å². The van der Waals surface area contributed by atoms with Crippen molar-refractivity contribution in [3.63, 3.8) is 0 Å². The molecular weight excluding hydrogens is 330 g/mol. The molecule has 0 bridgehead atoms. The molecular formula is C15H21N5O3S. The molecule has 2 heterocycles. The number of aromatic nitrogens is 4. The van der Waals surface area contributed by atoms with Crippen molar-refractivity contribution < 1.29 is 4.79 Å². The van der Waals surface area contributed by atoms with E-state index in [2.05, 4.69) is 15.3 Å². The lowest BCUT2D eigenvalue weighted by atomic mass is 10.1. The SMILES string of the molecule is CNC(=O)CSc1nc(CC(C)C)nc2c1c(=O)n(C)c(=O)n2C. The van der Waals surface area contributed by atoms with Crippen molar-refractivity contribution in [1.29, 1.82) is 0 Å². The minimum Gasteiger partial charge on any atom is -0.358 e. The molecule has 8 nitrogen and oxygen atoms in total. The quantitative estimate of drug-likeness (QED) is 0.604. The van der Waals surface area contributed by atoms with Crippen LogP contribution in [0.4, 0.5) is 0 Å². The van der Waals surface area contributed by atoms with Gasteiger partial charge in [0.1, 0.15) is 16.2 Å². The maximum absolute atomic E-state index is 12.5. The molecule has 0 spiro atoms. The number of nitrogens with one attached hydrogen (secondary N) is 1. The summed E-state index contributed by atoms with van der Waals surface area (Å²) in [5.41, 5.74) is -0.597. The molecule has 0 aliphatic heterocycles. The summed E-state index contributed by atoms with van der Waals surface area (Å²) in [6.45, 7) is 4.07. The molecule has 1 N–H and O–H groups in total. The zero-order valence-corrected chi connectivity index (χ0v) is 15.2. The number of hydrogen-bond donors (Lipinski definition) is 1. The fraction of sp³-hybridized carbons (Fsp3) is 0.533. The molecule has 0 aliphatic carbocycles. The van der Waals surface area contributed by atoms with Crippen molar-refractivity contribution in [3.8, 4) is 0 Å². The van der Waals surface area contributed by atoms with Gasteiger partial charge in [-0.25, -0.2) is 14.8 Å². The van der Waals surface area contributed by atoms with Crippen molar-refractivity contribution in [3.05, 3.63) is 26.7 Å². The van der Waals surface area contributed by atoms with Crippen molar-refractivity contribution in [2.24, 2.45) is 20.0 Å². The third-order valence-electron chi connectivity index (χ3n) is 3.52. The van der Waals surface area contributed by atoms with Gasteiger partial charge in [0.2, 0.25) is 5.91 Å². The number of aryl methyl sites for hydroxylation is 1. The normalized spacial score (nSPS) is 11.2. The third kappa shape index (κ3) is 3.50. The van der Waals surface area contributed by atoms with Crippen LogP contribution in [0, 0.1) is 5.92 Å². The zero-order chi connectivity index (χ0) is 18.0. The maximum Gasteiger partial charge on any atom is 0.332 e. The van der Waals surface area contributed by atoms with E-state index in [0.29, 0.717) is 28.8 Å². The summed E-state index contributed by atoms with van der Waals surface area (Å²) in [6, 6.07) is 0. The average molecular weight is 351 g/mol. The number of amides is 1. The van der Waals surface area contributed by atoms with E-state index < -0.39 is 11.2 Å². The maximum atomic E-state index is 12.5. The van der Waals surface area contributed by atoms with E-state index >= 15 is 0 Å². The first-order valence-electron chi connectivity index (χ1n) is 7.56. The summed E-state index contributed by atoms with van der Waals surface area (Å²) in [7, 11) is 4.54. The second kappa shape index (κ2) is 7.16. The predicted molar refractivity (Wildman–Crippen MR) is 93.4 cm³/mol. The number of rotatable bonds is 5. The number of hydrogen-bond acceptors (Lipinski definition) is 6. The van der Waals surface area contributed by atoms with E-state index in [4.69, 9.17) is 0 Å². The van der Waals surface area contributed by atoms with E-state index in [0.717, 1.165) is 4.57 Å². The van der Waals surface area contributed by atoms with Crippen LogP contribution in [0.1, 0.15) is 19.7 Å². The highest BCUT2D eigenvalue weighted by atomic mass is 32.2. The van der Waals surface area contributed by atoms with E-state index in [1.807, 2.05) is 13.8 Å². The Labute approximate surface area is 143 Å². The van der Waals surface area contributed by atoms with Crippen LogP contribution in [0.5, 0.6) is 0 Å². The molecule has 1 amide bonds. The summed E-state index contributed by atoms with van der Waals surface area (Å²) in [5, 5.41) is 3.23. The van der Waals surface area contributed by atoms with Crippen LogP contribution in [0.3, 0.4) is 0 Å². The molecule has 24 heavy (non-hydrogen) atoms. The Bertz CT molecular complexity index is 901. The van der Waals surface area contributed by atoms with E-state index in [1.54, 1.807) is 14.1 Å². The third-order valence-corrected chi connectivity index (χ3v) is 4.50. The lowest BCUT2D eigenvalue weighted by Gasteiger charge is -2.12. The number of carbonyl (C=O) groups excluding carboxylic acids is 1. The van der Waals surface area contributed by atoms with Gasteiger partial charge in [-0.1, -0.05) is 25.6 Å². The van der Waals surface area contributed by atoms with Crippen LogP contribution in [0.25, 0.3) is 11.0 Å². The van der Waals surface area contributed by atoms with E-state index in [-0.39, 0.29) is 17.0 Å². The van der Waals surface area contributed by atoms with Crippen molar-refractivity contribution in [1.82, 2.24) is 24.4 Å². The lowest BCUT2D eigenvalue weighted by molar-refractivity contribution is -0.118. The first-order valence-corrected chi connectivity index (χ1v) is 8.54. The molecule has 0 saturated carbocycles. The first-order chi connectivity index (χ1) is 11.3. The summed E-state index contributed by atoms with van der Waals surface area (Å²) >= 11 is 1.17. The summed E-state index contributed by atoms with van der Waals surface area (Å²) in [5.74, 6) is 0.845. The molecule has 2 aromatic heterocycles. The van der Waals surface area contributed by atoms with Crippen molar-refractivity contribution >= 4 is 28.7 Å². The summed E-state index contributed by atoms with van der Waals surface area (Å²) in [4.78, 5) is 45.1. The number of nitrogens with zero attached hydrogens (tertiary/aromatic N) is 4. The van der Waals surface area contributed by atoms with Gasteiger partial charge >= 0.3 is 5.69 Å². The van der Waals surface area contributed by atoms with E-state index in [9.17, 15) is 14.4 Å². The highest BCUT2D eigenvalue weighted by molar-refractivity contribution is 8.00. The van der Waals surface area contributed by atoms with Crippen molar-refractivity contribution in [2.75, 3.05) is 12.8 Å². The number of fused-ring (bicyclic) bond motifs is 1. The Kier molecular flexibility index (Phi) is 5.43. The van der Waals surface area contributed by atoms with Crippen LogP contribution >= 0.6 is 11.8 Å². The van der Waals surface area contributed by atoms with Gasteiger partial charge in [0, 0.05) is 27.6 Å². The Hall–Kier alpha value is -2.16. The summed E-state index contributed by atoms with van der Waals surface area (Å²) in [6.07, 6.45) is 0.618. The monoisotopic (exact) mass is 351 g/mol. The Morgan fingerprint density at radius 1 is 1.21 bits per heavy atom. The zero-order valence-electron chi connectivity index (χ0n) is 14.4. The van der Waals surface area contributed by atoms with Crippen molar-refractivity contribution in [2.45, 2.75) is 25.3 Å². The van der Waals surface area contributed by atoms with Gasteiger partial charge in [-0.2, -0.15) is 0 Å². The largest absolute Gasteiger partial charge is 0.358 e. The van der Waals surface area contributed by atoms with Gasteiger partial charge in [0.05, 0.1) is 5.75 Å². The Morgan fingerprint density at radius 2 is 1.88 bits per heavy atom. The molecule has 0 saturated heterocycles. The molecule has 2 aromatic rings. The van der Waals surface area contributed by atoms with Crippen LogP contribution in [0.15, 0.2) is 14.6 Å². The number of thioether (sulfide) groups is 1. The van der Waals surface area contributed by atoms with Gasteiger partial charge in [0.25, 0.3) is 5.56 Å². The van der Waals surface area contributed by atoms with E-state index in [1.165, 1.54) is 23.4 Å². The molecule has 0 radical (unpaired) electrons. The molecule has 0 unspecified atom stereocenters. The molecule has 0 fully saturated rings. The number of carbonyl (C=O) groups is 1. The standard InChI is InChI=1S/C15H21N5O3S/c1-8(2)6-9-17-12-11(13(18-9)24-7-10(21)16-3)14(22)20(5)15(23)19(12)4/h8H,6-7H2,1-5H3,(H,16,21). The van der Waals surface area contributed by atoms with Gasteiger partial charge < -0.3 is 5.32 Å². The lowest BCUT2D eigenvalue weighted by Crippen LogP contribution is -2.38. The highest BCUT2D eigenvalue weighted by Crippen LogP contribution is 2.22. The second-order valence-electron chi connectivity index (χ2n) is 5.91. The molecule has 0 atom stereocenters. The smallest absolute Gasteiger partial charge is 0.332 e. The molecule has 0 aromatic carbocycles. The van der Waals surface area contributed by atoms with Gasteiger partial charge in [-0.05, 0) is 5.92 Å². The van der Waals surface area contributed by atoms with Crippen LogP contribution in [-0.4, -0.2) is 37.8 Å². The van der Waals surface area contributed by atoms with Crippen LogP contribution < -0.4 is 16.6 Å².